The number of rotatable bonds is 8. The SMILES string of the molecule is COc1cc(C=CC(=O)c2ccc(O)c(CC(=O)O)c2)cc(OC)c1OC. The van der Waals surface area contributed by atoms with Crippen LogP contribution in [0.25, 0.3) is 6.08 Å². The molecule has 0 fully saturated rings. The van der Waals surface area contributed by atoms with Crippen LogP contribution in [-0.2, 0) is 11.2 Å². The summed E-state index contributed by atoms with van der Waals surface area (Å²) >= 11 is 0. The highest BCUT2D eigenvalue weighted by Gasteiger charge is 2.13. The number of ketones is 1. The lowest BCUT2D eigenvalue weighted by molar-refractivity contribution is -0.136. The second-order valence-corrected chi connectivity index (χ2v) is 5.57. The smallest absolute Gasteiger partial charge is 0.307 e. The Kier molecular flexibility index (Phi) is 6.43. The summed E-state index contributed by atoms with van der Waals surface area (Å²) in [6, 6.07) is 7.49. The number of ether oxygens (including phenoxy) is 3. The number of carboxylic acids is 1. The minimum absolute atomic E-state index is 0.164. The second kappa shape index (κ2) is 8.75. The summed E-state index contributed by atoms with van der Waals surface area (Å²) in [6.07, 6.45) is 2.55. The molecule has 2 aromatic rings. The summed E-state index contributed by atoms with van der Waals surface area (Å²) in [5.74, 6) is -0.240. The normalized spacial score (nSPS) is 10.6. The molecule has 0 unspecified atom stereocenters. The lowest BCUT2D eigenvalue weighted by Crippen LogP contribution is -2.02. The van der Waals surface area contributed by atoms with E-state index >= 15 is 0 Å². The summed E-state index contributed by atoms with van der Waals surface area (Å²) in [5, 5.41) is 18.6. The van der Waals surface area contributed by atoms with Crippen LogP contribution >= 0.6 is 0 Å². The van der Waals surface area contributed by atoms with Crippen molar-refractivity contribution in [1.29, 1.82) is 0 Å². The first-order chi connectivity index (χ1) is 12.9. The van der Waals surface area contributed by atoms with Crippen molar-refractivity contribution in [2.24, 2.45) is 0 Å². The molecule has 7 heteroatoms. The maximum Gasteiger partial charge on any atom is 0.307 e. The van der Waals surface area contributed by atoms with Crippen LogP contribution in [-0.4, -0.2) is 43.3 Å². The third-order valence-corrected chi connectivity index (χ3v) is 3.82. The molecular formula is C20H20O7. The minimum atomic E-state index is -1.09. The Labute approximate surface area is 156 Å². The molecule has 0 aromatic heterocycles. The number of phenols is 1. The number of allylic oxidation sites excluding steroid dienone is 1. The first kappa shape index (κ1) is 19.8. The van der Waals surface area contributed by atoms with Crippen LogP contribution in [0, 0.1) is 0 Å². The molecule has 0 saturated heterocycles. The molecule has 142 valence electrons. The molecule has 0 aliphatic carbocycles. The highest BCUT2D eigenvalue weighted by Crippen LogP contribution is 2.38. The van der Waals surface area contributed by atoms with Crippen molar-refractivity contribution < 1.29 is 34.0 Å². The number of carboxylic acid groups (broad SMARTS) is 1. The topological polar surface area (TPSA) is 102 Å². The molecule has 0 spiro atoms. The van der Waals surface area contributed by atoms with Crippen LogP contribution in [0.3, 0.4) is 0 Å². The van der Waals surface area contributed by atoms with E-state index in [1.54, 1.807) is 18.2 Å². The Morgan fingerprint density at radius 2 is 1.63 bits per heavy atom. The van der Waals surface area contributed by atoms with Crippen molar-refractivity contribution in [3.05, 3.63) is 53.1 Å². The molecule has 0 saturated carbocycles. The van der Waals surface area contributed by atoms with Gasteiger partial charge >= 0.3 is 5.97 Å². The number of carbonyl (C=O) groups excluding carboxylic acids is 1. The Balaban J connectivity index is 2.30. The van der Waals surface area contributed by atoms with Crippen LogP contribution in [0.4, 0.5) is 0 Å². The average molecular weight is 372 g/mol. The Hall–Kier alpha value is -3.48. The molecule has 2 rings (SSSR count). The maximum absolute atomic E-state index is 12.4. The largest absolute Gasteiger partial charge is 0.508 e. The molecule has 0 aliphatic rings. The fourth-order valence-corrected chi connectivity index (χ4v) is 2.51. The molecule has 27 heavy (non-hydrogen) atoms. The van der Waals surface area contributed by atoms with Gasteiger partial charge in [-0.05, 0) is 42.0 Å². The van der Waals surface area contributed by atoms with Crippen LogP contribution in [0.2, 0.25) is 0 Å². The molecule has 0 atom stereocenters. The number of aromatic hydroxyl groups is 1. The molecule has 0 bridgehead atoms. The van der Waals surface area contributed by atoms with Gasteiger partial charge in [0.2, 0.25) is 5.75 Å². The number of benzene rings is 2. The van der Waals surface area contributed by atoms with Crippen LogP contribution in [0.15, 0.2) is 36.4 Å². The summed E-state index contributed by atoms with van der Waals surface area (Å²) in [7, 11) is 4.49. The van der Waals surface area contributed by atoms with E-state index in [-0.39, 0.29) is 29.1 Å². The molecule has 0 amide bonds. The summed E-state index contributed by atoms with van der Waals surface area (Å²) in [5.41, 5.74) is 1.10. The van der Waals surface area contributed by atoms with Gasteiger partial charge in [-0.25, -0.2) is 0 Å². The fraction of sp³-hybridized carbons (Fsp3) is 0.200. The quantitative estimate of drug-likeness (QED) is 0.542. The Morgan fingerprint density at radius 3 is 2.15 bits per heavy atom. The van der Waals surface area contributed by atoms with E-state index < -0.39 is 5.97 Å². The van der Waals surface area contributed by atoms with Gasteiger partial charge in [0.25, 0.3) is 0 Å². The summed E-state index contributed by atoms with van der Waals surface area (Å²) < 4.78 is 15.8. The van der Waals surface area contributed by atoms with Gasteiger partial charge < -0.3 is 24.4 Å². The minimum Gasteiger partial charge on any atom is -0.508 e. The zero-order chi connectivity index (χ0) is 20.0. The van der Waals surface area contributed by atoms with Gasteiger partial charge in [-0.2, -0.15) is 0 Å². The number of carbonyl (C=O) groups is 2. The van der Waals surface area contributed by atoms with Crippen molar-refractivity contribution in [3.8, 4) is 23.0 Å². The van der Waals surface area contributed by atoms with Crippen LogP contribution < -0.4 is 14.2 Å². The van der Waals surface area contributed by atoms with Gasteiger partial charge in [-0.3, -0.25) is 9.59 Å². The molecule has 2 N–H and O–H groups in total. The van der Waals surface area contributed by atoms with Crippen molar-refractivity contribution in [1.82, 2.24) is 0 Å². The predicted octanol–water partition coefficient (Wildman–Crippen LogP) is 2.94. The van der Waals surface area contributed by atoms with E-state index in [1.807, 2.05) is 0 Å². The number of aliphatic carboxylic acids is 1. The molecule has 7 nitrogen and oxygen atoms in total. The van der Waals surface area contributed by atoms with E-state index in [1.165, 1.54) is 45.6 Å². The monoisotopic (exact) mass is 372 g/mol. The summed E-state index contributed by atoms with van der Waals surface area (Å²) in [4.78, 5) is 23.2. The standard InChI is InChI=1S/C20H20O7/c1-25-17-8-12(9-18(26-2)20(17)27-3)4-6-15(21)13-5-7-16(22)14(10-13)11-19(23)24/h4-10,22H,11H2,1-3H3,(H,23,24). The van der Waals surface area contributed by atoms with E-state index in [0.29, 0.717) is 22.8 Å². The van der Waals surface area contributed by atoms with E-state index in [4.69, 9.17) is 19.3 Å². The number of phenolic OH excluding ortho intramolecular Hbond substituents is 1. The molecule has 0 aliphatic heterocycles. The number of methoxy groups -OCH3 is 3. The lowest BCUT2D eigenvalue weighted by Gasteiger charge is -2.12. The first-order valence-corrected chi connectivity index (χ1v) is 7.95. The van der Waals surface area contributed by atoms with Gasteiger partial charge in [-0.1, -0.05) is 6.08 Å². The lowest BCUT2D eigenvalue weighted by atomic mass is 10.0. The molecule has 0 radical (unpaired) electrons. The number of hydrogen-bond donors (Lipinski definition) is 2. The van der Waals surface area contributed by atoms with E-state index in [2.05, 4.69) is 0 Å². The highest BCUT2D eigenvalue weighted by atomic mass is 16.5. The molecule has 0 heterocycles. The number of hydrogen-bond acceptors (Lipinski definition) is 6. The zero-order valence-corrected chi connectivity index (χ0v) is 15.2. The van der Waals surface area contributed by atoms with Crippen LogP contribution in [0.1, 0.15) is 21.5 Å². The second-order valence-electron chi connectivity index (χ2n) is 5.57. The van der Waals surface area contributed by atoms with Gasteiger partial charge in [0.1, 0.15) is 5.75 Å². The highest BCUT2D eigenvalue weighted by molar-refractivity contribution is 6.07. The van der Waals surface area contributed by atoms with Crippen molar-refractivity contribution >= 4 is 17.8 Å². The third-order valence-electron chi connectivity index (χ3n) is 3.82. The van der Waals surface area contributed by atoms with Gasteiger partial charge in [0, 0.05) is 11.1 Å². The van der Waals surface area contributed by atoms with E-state index in [0.717, 1.165) is 0 Å². The van der Waals surface area contributed by atoms with Crippen molar-refractivity contribution in [2.45, 2.75) is 6.42 Å². The Bertz CT molecular complexity index is 859. The van der Waals surface area contributed by atoms with Crippen molar-refractivity contribution in [3.63, 3.8) is 0 Å². The summed E-state index contributed by atoms with van der Waals surface area (Å²) in [6.45, 7) is 0. The maximum atomic E-state index is 12.4. The average Bonchev–Trinajstić information content (AvgIpc) is 2.66. The van der Waals surface area contributed by atoms with E-state index in [9.17, 15) is 14.7 Å². The van der Waals surface area contributed by atoms with Crippen molar-refractivity contribution in [2.75, 3.05) is 21.3 Å². The van der Waals surface area contributed by atoms with Gasteiger partial charge in [-0.15, -0.1) is 0 Å². The Morgan fingerprint density at radius 1 is 1.00 bits per heavy atom. The van der Waals surface area contributed by atoms with Crippen LogP contribution in [0.5, 0.6) is 23.0 Å². The first-order valence-electron chi connectivity index (χ1n) is 7.95. The molecule has 2 aromatic carbocycles. The third kappa shape index (κ3) is 4.78. The van der Waals surface area contributed by atoms with Gasteiger partial charge in [0.15, 0.2) is 17.3 Å². The van der Waals surface area contributed by atoms with Gasteiger partial charge in [0.05, 0.1) is 27.8 Å². The predicted molar refractivity (Wildman–Crippen MR) is 98.9 cm³/mol. The zero-order valence-electron chi connectivity index (χ0n) is 15.2. The fourth-order valence-electron chi connectivity index (χ4n) is 2.51. The molecular weight excluding hydrogens is 352 g/mol.